The van der Waals surface area contributed by atoms with Crippen LogP contribution in [0.25, 0.3) is 11.2 Å². The van der Waals surface area contributed by atoms with Crippen LogP contribution >= 0.6 is 0 Å². The fourth-order valence-electron chi connectivity index (χ4n) is 3.57. The molecule has 1 amide bonds. The van der Waals surface area contributed by atoms with E-state index in [1.807, 2.05) is 12.1 Å². The van der Waals surface area contributed by atoms with E-state index in [4.69, 9.17) is 5.11 Å². The summed E-state index contributed by atoms with van der Waals surface area (Å²) in [5, 5.41) is 19.5. The van der Waals surface area contributed by atoms with E-state index in [0.717, 1.165) is 5.52 Å². The van der Waals surface area contributed by atoms with E-state index in [1.54, 1.807) is 11.6 Å². The maximum Gasteiger partial charge on any atom is 0.407 e. The smallest absolute Gasteiger partial charge is 0.407 e. The van der Waals surface area contributed by atoms with Gasteiger partial charge in [0.15, 0.2) is 5.65 Å². The largest absolute Gasteiger partial charge is 0.465 e. The fourth-order valence-corrected chi connectivity index (χ4v) is 3.57. The van der Waals surface area contributed by atoms with Gasteiger partial charge in [0.05, 0.1) is 18.2 Å². The van der Waals surface area contributed by atoms with Gasteiger partial charge in [-0.15, -0.1) is 0 Å². The molecule has 8 nitrogen and oxygen atoms in total. The second kappa shape index (κ2) is 6.42. The van der Waals surface area contributed by atoms with E-state index in [0.29, 0.717) is 30.9 Å². The van der Waals surface area contributed by atoms with Crippen molar-refractivity contribution in [1.82, 2.24) is 19.0 Å². The molecule has 142 valence electrons. The number of β-amino-alcohol motifs (C(OH)–C–C–N with tert-alkyl or cyclic N) is 1. The summed E-state index contributed by atoms with van der Waals surface area (Å²) in [6.07, 6.45) is -1.33. The summed E-state index contributed by atoms with van der Waals surface area (Å²) < 4.78 is 3.26. The van der Waals surface area contributed by atoms with Crippen LogP contribution < -0.4 is 5.69 Å². The number of pyridine rings is 1. The van der Waals surface area contributed by atoms with Gasteiger partial charge in [0.2, 0.25) is 0 Å². The summed E-state index contributed by atoms with van der Waals surface area (Å²) in [4.78, 5) is 29.5. The van der Waals surface area contributed by atoms with Gasteiger partial charge in [0, 0.05) is 31.7 Å². The number of aryl methyl sites for hydroxylation is 1. The van der Waals surface area contributed by atoms with Gasteiger partial charge in [0.1, 0.15) is 0 Å². The van der Waals surface area contributed by atoms with Crippen LogP contribution in [0.5, 0.6) is 0 Å². The van der Waals surface area contributed by atoms with Crippen LogP contribution in [0.1, 0.15) is 38.8 Å². The van der Waals surface area contributed by atoms with Crippen LogP contribution in [0.4, 0.5) is 4.79 Å². The molecule has 1 aliphatic rings. The van der Waals surface area contributed by atoms with Crippen molar-refractivity contribution in [2.45, 2.75) is 45.8 Å². The normalized spacial score (nSPS) is 21.3. The van der Waals surface area contributed by atoms with Crippen molar-refractivity contribution in [3.8, 4) is 0 Å². The minimum absolute atomic E-state index is 0.0450. The summed E-state index contributed by atoms with van der Waals surface area (Å²) in [6, 6.07) is 3.71. The molecule has 0 bridgehead atoms. The Morgan fingerprint density at radius 1 is 1.35 bits per heavy atom. The van der Waals surface area contributed by atoms with Crippen LogP contribution in [-0.4, -0.2) is 54.5 Å². The molecule has 1 fully saturated rings. The molecule has 2 aromatic heterocycles. The van der Waals surface area contributed by atoms with E-state index >= 15 is 0 Å². The Bertz CT molecular complexity index is 893. The number of nitrogens with zero attached hydrogens (tertiary/aromatic N) is 4. The summed E-state index contributed by atoms with van der Waals surface area (Å²) in [5.74, 6) is -0.240. The Morgan fingerprint density at radius 2 is 2.04 bits per heavy atom. The number of carboxylic acid groups (broad SMARTS) is 1. The zero-order valence-corrected chi connectivity index (χ0v) is 15.6. The first-order valence-electron chi connectivity index (χ1n) is 8.80. The molecule has 26 heavy (non-hydrogen) atoms. The number of hydrogen-bond acceptors (Lipinski definition) is 4. The van der Waals surface area contributed by atoms with Crippen molar-refractivity contribution >= 4 is 17.3 Å². The molecule has 2 aromatic rings. The second-order valence-corrected chi connectivity index (χ2v) is 8.26. The maximum atomic E-state index is 12.6. The zero-order valence-electron chi connectivity index (χ0n) is 15.6. The van der Waals surface area contributed by atoms with E-state index in [-0.39, 0.29) is 23.6 Å². The van der Waals surface area contributed by atoms with Gasteiger partial charge in [-0.05, 0) is 24.0 Å². The minimum atomic E-state index is -1.02. The number of aliphatic hydroxyl groups is 1. The first kappa shape index (κ1) is 18.4. The second-order valence-electron chi connectivity index (χ2n) is 8.26. The number of aliphatic hydroxyl groups excluding tert-OH is 1. The number of fused-ring (bicyclic) bond motifs is 1. The predicted octanol–water partition coefficient (Wildman–Crippen LogP) is 1.61. The Morgan fingerprint density at radius 3 is 2.62 bits per heavy atom. The van der Waals surface area contributed by atoms with Crippen molar-refractivity contribution in [2.75, 3.05) is 13.1 Å². The van der Waals surface area contributed by atoms with E-state index in [1.165, 1.54) is 9.47 Å². The third-order valence-corrected chi connectivity index (χ3v) is 4.87. The van der Waals surface area contributed by atoms with E-state index < -0.39 is 12.2 Å². The molecule has 0 spiro atoms. The third kappa shape index (κ3) is 3.33. The molecule has 1 aliphatic heterocycles. The van der Waals surface area contributed by atoms with Crippen molar-refractivity contribution in [3.63, 3.8) is 0 Å². The van der Waals surface area contributed by atoms with Crippen molar-refractivity contribution in [2.24, 2.45) is 12.5 Å². The number of piperidine rings is 1. The van der Waals surface area contributed by atoms with Crippen LogP contribution in [0.2, 0.25) is 0 Å². The lowest BCUT2D eigenvalue weighted by molar-refractivity contribution is 0.0494. The van der Waals surface area contributed by atoms with Gasteiger partial charge in [-0.3, -0.25) is 9.13 Å². The van der Waals surface area contributed by atoms with Crippen LogP contribution in [0, 0.1) is 5.41 Å². The molecule has 0 aromatic carbocycles. The molecule has 3 rings (SSSR count). The van der Waals surface area contributed by atoms with Gasteiger partial charge in [-0.1, -0.05) is 20.8 Å². The number of aromatic nitrogens is 3. The number of imidazole rings is 1. The number of rotatable bonds is 2. The molecular formula is C18H26N4O4. The first-order chi connectivity index (χ1) is 12.1. The third-order valence-electron chi connectivity index (χ3n) is 4.87. The maximum absolute atomic E-state index is 12.6. The Balaban J connectivity index is 1.97. The van der Waals surface area contributed by atoms with Gasteiger partial charge < -0.3 is 15.1 Å². The fraction of sp³-hybridized carbons (Fsp3) is 0.611. The van der Waals surface area contributed by atoms with E-state index in [9.17, 15) is 14.7 Å². The summed E-state index contributed by atoms with van der Waals surface area (Å²) in [7, 11) is 1.70. The molecule has 1 saturated heterocycles. The molecule has 0 radical (unpaired) electrons. The lowest BCUT2D eigenvalue weighted by Crippen LogP contribution is -2.45. The van der Waals surface area contributed by atoms with Crippen molar-refractivity contribution < 1.29 is 15.0 Å². The SMILES string of the molecule is Cn1c(=O)n(CC(C)(C)C)c2ccc(C3CCN(C(=O)O)CC3O)nc21. The molecule has 2 unspecified atom stereocenters. The lowest BCUT2D eigenvalue weighted by atomic mass is 9.90. The quantitative estimate of drug-likeness (QED) is 0.845. The van der Waals surface area contributed by atoms with Crippen molar-refractivity contribution in [3.05, 3.63) is 28.3 Å². The highest BCUT2D eigenvalue weighted by atomic mass is 16.4. The molecule has 3 heterocycles. The lowest BCUT2D eigenvalue weighted by Gasteiger charge is -2.34. The molecule has 8 heteroatoms. The molecule has 2 atom stereocenters. The molecule has 0 saturated carbocycles. The topological polar surface area (TPSA) is 101 Å². The number of amides is 1. The number of hydrogen-bond donors (Lipinski definition) is 2. The average molecular weight is 362 g/mol. The monoisotopic (exact) mass is 362 g/mol. The van der Waals surface area contributed by atoms with Gasteiger partial charge in [-0.25, -0.2) is 14.6 Å². The van der Waals surface area contributed by atoms with Crippen LogP contribution in [0.15, 0.2) is 16.9 Å². The Labute approximate surface area is 151 Å². The number of carbonyl (C=O) groups is 1. The Hall–Kier alpha value is -2.35. The van der Waals surface area contributed by atoms with Gasteiger partial charge >= 0.3 is 11.8 Å². The molecular weight excluding hydrogens is 336 g/mol. The van der Waals surface area contributed by atoms with E-state index in [2.05, 4.69) is 25.8 Å². The standard InChI is InChI=1S/C18H26N4O4/c1-18(2,3)10-22-13-6-5-12(19-15(13)20(4)16(22)24)11-7-8-21(17(25)26)9-14(11)23/h5-6,11,14,23H,7-10H2,1-4H3,(H,25,26). The summed E-state index contributed by atoms with van der Waals surface area (Å²) in [5.41, 5.74) is 1.90. The average Bonchev–Trinajstić information content (AvgIpc) is 2.78. The van der Waals surface area contributed by atoms with Crippen molar-refractivity contribution in [1.29, 1.82) is 0 Å². The number of likely N-dealkylation sites (tertiary alicyclic amines) is 1. The molecule has 2 N–H and O–H groups in total. The van der Waals surface area contributed by atoms with Gasteiger partial charge in [0.25, 0.3) is 0 Å². The molecule has 0 aliphatic carbocycles. The highest BCUT2D eigenvalue weighted by Crippen LogP contribution is 2.29. The van der Waals surface area contributed by atoms with Gasteiger partial charge in [-0.2, -0.15) is 0 Å². The van der Waals surface area contributed by atoms with Crippen LogP contribution in [-0.2, 0) is 13.6 Å². The zero-order chi connectivity index (χ0) is 19.2. The highest BCUT2D eigenvalue weighted by molar-refractivity contribution is 5.72. The summed E-state index contributed by atoms with van der Waals surface area (Å²) in [6.45, 7) is 7.25. The predicted molar refractivity (Wildman–Crippen MR) is 97.4 cm³/mol. The highest BCUT2D eigenvalue weighted by Gasteiger charge is 2.32. The first-order valence-corrected chi connectivity index (χ1v) is 8.80. The minimum Gasteiger partial charge on any atom is -0.465 e. The Kier molecular flexibility index (Phi) is 4.56. The summed E-state index contributed by atoms with van der Waals surface area (Å²) >= 11 is 0. The van der Waals surface area contributed by atoms with Crippen LogP contribution in [0.3, 0.4) is 0 Å².